The zero-order valence-corrected chi connectivity index (χ0v) is 23.3. The molecule has 2 atom stereocenters. The number of rotatable bonds is 5. The number of morpholine rings is 1. The summed E-state index contributed by atoms with van der Waals surface area (Å²) in [6, 6.07) is 26.0. The Morgan fingerprint density at radius 3 is 2.17 bits per heavy atom. The second-order valence-corrected chi connectivity index (χ2v) is 11.5. The van der Waals surface area contributed by atoms with Crippen LogP contribution in [0.25, 0.3) is 16.8 Å². The number of benzene rings is 3. The fourth-order valence-corrected chi connectivity index (χ4v) is 7.01. The SMILES string of the molecule is Cc1cc(C)n(-c2cccc(C(=O)C3CC4COCC(C3)N4C(=O)OCC3c4ccccc4-c4ccccc43)c2)n1. The highest BCUT2D eigenvalue weighted by atomic mass is 16.6. The van der Waals surface area contributed by atoms with Crippen molar-refractivity contribution in [2.24, 2.45) is 5.92 Å². The van der Waals surface area contributed by atoms with E-state index in [1.807, 2.05) is 78.0 Å². The normalized spacial score (nSPS) is 21.3. The van der Waals surface area contributed by atoms with Crippen LogP contribution in [-0.2, 0) is 9.47 Å². The van der Waals surface area contributed by atoms with Gasteiger partial charge in [-0.15, -0.1) is 0 Å². The Morgan fingerprint density at radius 2 is 1.54 bits per heavy atom. The van der Waals surface area contributed by atoms with Crippen LogP contribution in [0.1, 0.15) is 51.6 Å². The van der Waals surface area contributed by atoms with Gasteiger partial charge in [-0.1, -0.05) is 60.7 Å². The van der Waals surface area contributed by atoms with E-state index in [0.29, 0.717) is 31.6 Å². The third-order valence-electron chi connectivity index (χ3n) is 8.82. The van der Waals surface area contributed by atoms with E-state index in [2.05, 4.69) is 29.4 Å². The minimum Gasteiger partial charge on any atom is -0.448 e. The predicted molar refractivity (Wildman–Crippen MR) is 155 cm³/mol. The van der Waals surface area contributed by atoms with E-state index < -0.39 is 0 Å². The molecule has 1 amide bonds. The number of nitrogens with zero attached hydrogens (tertiary/aromatic N) is 3. The summed E-state index contributed by atoms with van der Waals surface area (Å²) in [5.74, 6) is -0.0595. The lowest BCUT2D eigenvalue weighted by atomic mass is 9.81. The van der Waals surface area contributed by atoms with Crippen LogP contribution in [0.4, 0.5) is 4.79 Å². The molecule has 7 heteroatoms. The molecule has 3 aliphatic rings. The lowest BCUT2D eigenvalue weighted by molar-refractivity contribution is -0.0747. The highest BCUT2D eigenvalue weighted by Gasteiger charge is 2.45. The fraction of sp³-hybridized carbons (Fsp3) is 0.324. The van der Waals surface area contributed by atoms with Crippen molar-refractivity contribution >= 4 is 11.9 Å². The fourth-order valence-electron chi connectivity index (χ4n) is 7.01. The van der Waals surface area contributed by atoms with Crippen LogP contribution >= 0.6 is 0 Å². The number of hydrogen-bond donors (Lipinski definition) is 0. The molecule has 0 saturated carbocycles. The van der Waals surface area contributed by atoms with Gasteiger partial charge < -0.3 is 9.47 Å². The molecule has 2 saturated heterocycles. The third-order valence-corrected chi connectivity index (χ3v) is 8.82. The molecule has 0 radical (unpaired) electrons. The van der Waals surface area contributed by atoms with Gasteiger partial charge >= 0.3 is 6.09 Å². The molecular weight excluding hydrogens is 514 g/mol. The summed E-state index contributed by atoms with van der Waals surface area (Å²) in [6.07, 6.45) is 0.801. The van der Waals surface area contributed by atoms with E-state index in [9.17, 15) is 9.59 Å². The van der Waals surface area contributed by atoms with E-state index >= 15 is 0 Å². The number of aromatic nitrogens is 2. The molecule has 0 N–H and O–H groups in total. The zero-order chi connectivity index (χ0) is 28.1. The average molecular weight is 548 g/mol. The molecule has 1 aliphatic carbocycles. The minimum absolute atomic E-state index is 0.0102. The highest BCUT2D eigenvalue weighted by molar-refractivity contribution is 5.98. The summed E-state index contributed by atoms with van der Waals surface area (Å²) < 4.78 is 13.7. The molecule has 2 aliphatic heterocycles. The monoisotopic (exact) mass is 547 g/mol. The molecule has 7 nitrogen and oxygen atoms in total. The van der Waals surface area contributed by atoms with Crippen LogP contribution < -0.4 is 0 Å². The van der Waals surface area contributed by atoms with Gasteiger partial charge in [0, 0.05) is 23.1 Å². The van der Waals surface area contributed by atoms with Crippen molar-refractivity contribution in [3.63, 3.8) is 0 Å². The van der Waals surface area contributed by atoms with Crippen LogP contribution in [-0.4, -0.2) is 58.5 Å². The van der Waals surface area contributed by atoms with Gasteiger partial charge in [-0.25, -0.2) is 9.48 Å². The van der Waals surface area contributed by atoms with Gasteiger partial charge in [-0.2, -0.15) is 5.10 Å². The zero-order valence-electron chi connectivity index (χ0n) is 23.3. The maximum absolute atomic E-state index is 13.7. The molecule has 3 heterocycles. The molecule has 7 rings (SSSR count). The number of ketones is 1. The van der Waals surface area contributed by atoms with Crippen LogP contribution in [0.15, 0.2) is 78.9 Å². The molecule has 41 heavy (non-hydrogen) atoms. The molecule has 0 spiro atoms. The van der Waals surface area contributed by atoms with Crippen molar-refractivity contribution in [3.05, 3.63) is 107 Å². The van der Waals surface area contributed by atoms with Crippen molar-refractivity contribution in [2.75, 3.05) is 19.8 Å². The van der Waals surface area contributed by atoms with Crippen LogP contribution in [0, 0.1) is 19.8 Å². The Morgan fingerprint density at radius 1 is 0.878 bits per heavy atom. The number of amides is 1. The first-order valence-corrected chi connectivity index (χ1v) is 14.4. The summed E-state index contributed by atoms with van der Waals surface area (Å²) in [5, 5.41) is 4.57. The Labute approximate surface area is 239 Å². The van der Waals surface area contributed by atoms with Gasteiger partial charge in [0.2, 0.25) is 0 Å². The van der Waals surface area contributed by atoms with Gasteiger partial charge in [0.25, 0.3) is 0 Å². The van der Waals surface area contributed by atoms with Crippen LogP contribution in [0.5, 0.6) is 0 Å². The first-order chi connectivity index (χ1) is 20.0. The summed E-state index contributed by atoms with van der Waals surface area (Å²) in [4.78, 5) is 29.1. The van der Waals surface area contributed by atoms with Gasteiger partial charge in [0.1, 0.15) is 6.61 Å². The first-order valence-electron chi connectivity index (χ1n) is 14.4. The average Bonchev–Trinajstić information content (AvgIpc) is 3.50. The second kappa shape index (κ2) is 10.3. The predicted octanol–water partition coefficient (Wildman–Crippen LogP) is 6.10. The third kappa shape index (κ3) is 4.54. The summed E-state index contributed by atoms with van der Waals surface area (Å²) in [6.45, 7) is 5.08. The van der Waals surface area contributed by atoms with Crippen LogP contribution in [0.2, 0.25) is 0 Å². The quantitative estimate of drug-likeness (QED) is 0.282. The molecule has 208 valence electrons. The van der Waals surface area contributed by atoms with E-state index in [1.54, 1.807) is 0 Å². The van der Waals surface area contributed by atoms with Crippen molar-refractivity contribution < 1.29 is 19.1 Å². The van der Waals surface area contributed by atoms with Gasteiger partial charge in [0.05, 0.1) is 36.7 Å². The topological polar surface area (TPSA) is 73.7 Å². The largest absolute Gasteiger partial charge is 0.448 e. The lowest BCUT2D eigenvalue weighted by Crippen LogP contribution is -2.60. The van der Waals surface area contributed by atoms with E-state index in [-0.39, 0.29) is 42.4 Å². The molecule has 2 bridgehead atoms. The Bertz CT molecular complexity index is 1580. The van der Waals surface area contributed by atoms with E-state index in [1.165, 1.54) is 22.3 Å². The highest BCUT2D eigenvalue weighted by Crippen LogP contribution is 2.45. The summed E-state index contributed by atoms with van der Waals surface area (Å²) >= 11 is 0. The maximum atomic E-state index is 13.7. The minimum atomic E-state index is -0.317. The lowest BCUT2D eigenvalue weighted by Gasteiger charge is -2.47. The van der Waals surface area contributed by atoms with Gasteiger partial charge in [-0.05, 0) is 67.1 Å². The molecule has 2 fully saturated rings. The number of Topliss-reactive ketones (excluding diaryl/α,β-unsaturated/α-hetero) is 1. The number of piperidine rings is 1. The van der Waals surface area contributed by atoms with Crippen molar-refractivity contribution in [1.29, 1.82) is 0 Å². The van der Waals surface area contributed by atoms with E-state index in [4.69, 9.17) is 9.47 Å². The summed E-state index contributed by atoms with van der Waals surface area (Å²) in [7, 11) is 0. The summed E-state index contributed by atoms with van der Waals surface area (Å²) in [5.41, 5.74) is 8.30. The molecule has 4 aromatic rings. The van der Waals surface area contributed by atoms with Crippen molar-refractivity contribution in [2.45, 2.75) is 44.7 Å². The van der Waals surface area contributed by atoms with Crippen molar-refractivity contribution in [1.82, 2.24) is 14.7 Å². The molecule has 2 unspecified atom stereocenters. The number of carbonyl (C=O) groups is 2. The standard InChI is InChI=1S/C34H33N3O4/c1-21-14-22(2)37(35-21)25-9-7-8-23(15-25)33(38)24-16-26-18-40-19-27(17-24)36(26)34(39)41-20-32-30-12-5-3-10-28(30)29-11-4-6-13-31(29)32/h3-15,24,26-27,32H,16-20H2,1-2H3. The number of carbonyl (C=O) groups excluding carboxylic acids is 2. The van der Waals surface area contributed by atoms with Crippen LogP contribution in [0.3, 0.4) is 0 Å². The smallest absolute Gasteiger partial charge is 0.410 e. The number of fused-ring (bicyclic) bond motifs is 5. The first kappa shape index (κ1) is 25.7. The Balaban J connectivity index is 1.06. The Kier molecular flexibility index (Phi) is 6.47. The number of hydrogen-bond acceptors (Lipinski definition) is 5. The maximum Gasteiger partial charge on any atom is 0.410 e. The number of ether oxygens (including phenoxy) is 2. The van der Waals surface area contributed by atoms with Gasteiger partial charge in [-0.3, -0.25) is 9.69 Å². The Hall–Kier alpha value is -4.23. The number of aryl methyl sites for hydroxylation is 2. The molecule has 1 aromatic heterocycles. The second-order valence-electron chi connectivity index (χ2n) is 11.5. The molecular formula is C34H33N3O4. The van der Waals surface area contributed by atoms with Gasteiger partial charge in [0.15, 0.2) is 5.78 Å². The van der Waals surface area contributed by atoms with Crippen molar-refractivity contribution in [3.8, 4) is 16.8 Å². The van der Waals surface area contributed by atoms with E-state index in [0.717, 1.165) is 17.1 Å². The molecule has 3 aromatic carbocycles.